The van der Waals surface area contributed by atoms with Gasteiger partial charge in [-0.25, -0.2) is 19.9 Å². The van der Waals surface area contributed by atoms with Gasteiger partial charge in [-0.05, 0) is 32.0 Å². The highest BCUT2D eigenvalue weighted by atomic mass is 19.4. The molecule has 152 valence electrons. The second kappa shape index (κ2) is 7.95. The first-order valence-corrected chi connectivity index (χ1v) is 8.53. The second-order valence-corrected chi connectivity index (χ2v) is 6.75. The molecule has 0 fully saturated rings. The number of pyridine rings is 1. The van der Waals surface area contributed by atoms with Gasteiger partial charge in [-0.1, -0.05) is 0 Å². The van der Waals surface area contributed by atoms with Crippen molar-refractivity contribution in [2.24, 2.45) is 0 Å². The van der Waals surface area contributed by atoms with Crippen LogP contribution in [-0.2, 0) is 6.18 Å². The third-order valence-corrected chi connectivity index (χ3v) is 3.60. The summed E-state index contributed by atoms with van der Waals surface area (Å²) in [6.07, 6.45) is 0.767. The lowest BCUT2D eigenvalue weighted by Gasteiger charge is -2.18. The Labute approximate surface area is 164 Å². The molecule has 0 aliphatic carbocycles. The van der Waals surface area contributed by atoms with Crippen LogP contribution in [-0.4, -0.2) is 42.2 Å². The maximum Gasteiger partial charge on any atom is 0.434 e. The molecule has 0 saturated heterocycles. The Hall–Kier alpha value is -3.34. The van der Waals surface area contributed by atoms with Gasteiger partial charge in [0.15, 0.2) is 5.69 Å². The zero-order chi connectivity index (χ0) is 21.1. The average molecular weight is 405 g/mol. The molecule has 29 heavy (non-hydrogen) atoms. The Morgan fingerprint density at radius 2 is 1.69 bits per heavy atom. The van der Waals surface area contributed by atoms with E-state index in [9.17, 15) is 18.3 Å². The van der Waals surface area contributed by atoms with Crippen molar-refractivity contribution in [1.29, 1.82) is 0 Å². The molecule has 0 radical (unpaired) electrons. The van der Waals surface area contributed by atoms with Crippen molar-refractivity contribution < 1.29 is 18.3 Å². The molecule has 0 spiro atoms. The molecule has 3 rings (SSSR count). The fourth-order valence-corrected chi connectivity index (χ4v) is 2.30. The zero-order valence-electron chi connectivity index (χ0n) is 15.6. The smallest absolute Gasteiger partial charge is 0.389 e. The van der Waals surface area contributed by atoms with Gasteiger partial charge in [-0.3, -0.25) is 4.98 Å². The monoisotopic (exact) mass is 405 g/mol. The molecule has 0 saturated carbocycles. The van der Waals surface area contributed by atoms with Crippen molar-refractivity contribution in [2.75, 3.05) is 17.2 Å². The Morgan fingerprint density at radius 3 is 2.34 bits per heavy atom. The van der Waals surface area contributed by atoms with Crippen LogP contribution in [0.5, 0.6) is 0 Å². The molecule has 11 heteroatoms. The van der Waals surface area contributed by atoms with E-state index in [0.717, 1.165) is 6.20 Å². The number of anilines is 3. The van der Waals surface area contributed by atoms with Crippen molar-refractivity contribution >= 4 is 17.6 Å². The minimum Gasteiger partial charge on any atom is -0.389 e. The van der Waals surface area contributed by atoms with Gasteiger partial charge in [-0.2, -0.15) is 13.2 Å². The van der Waals surface area contributed by atoms with Crippen LogP contribution >= 0.6 is 0 Å². The Bertz CT molecular complexity index is 975. The summed E-state index contributed by atoms with van der Waals surface area (Å²) in [5.41, 5.74) is -1.92. The Morgan fingerprint density at radius 1 is 0.966 bits per heavy atom. The SMILES string of the molecule is CC(C)(O)CNc1ncc(-c2ccnc(Nc3ccncc3)n2)c(C(F)(F)F)n1. The van der Waals surface area contributed by atoms with E-state index in [1.165, 1.54) is 26.1 Å². The summed E-state index contributed by atoms with van der Waals surface area (Å²) in [6.45, 7) is 3.01. The Kier molecular flexibility index (Phi) is 5.59. The molecule has 3 aromatic rings. The molecule has 0 unspecified atom stereocenters. The van der Waals surface area contributed by atoms with Crippen LogP contribution in [0.15, 0.2) is 43.0 Å². The van der Waals surface area contributed by atoms with Crippen LogP contribution in [0, 0.1) is 0 Å². The first-order chi connectivity index (χ1) is 13.6. The summed E-state index contributed by atoms with van der Waals surface area (Å²) in [5, 5.41) is 15.2. The van der Waals surface area contributed by atoms with Gasteiger partial charge in [0.1, 0.15) is 0 Å². The number of hydrogen-bond acceptors (Lipinski definition) is 8. The topological polar surface area (TPSA) is 109 Å². The average Bonchev–Trinajstić information content (AvgIpc) is 2.66. The maximum atomic E-state index is 13.6. The van der Waals surface area contributed by atoms with Crippen LogP contribution in [0.4, 0.5) is 30.8 Å². The van der Waals surface area contributed by atoms with E-state index < -0.39 is 17.5 Å². The molecule has 0 amide bonds. The van der Waals surface area contributed by atoms with E-state index in [-0.39, 0.29) is 29.7 Å². The molecule has 0 aromatic carbocycles. The molecule has 0 aliphatic rings. The highest BCUT2D eigenvalue weighted by molar-refractivity contribution is 5.64. The summed E-state index contributed by atoms with van der Waals surface area (Å²) in [5.74, 6) is -0.126. The van der Waals surface area contributed by atoms with Gasteiger partial charge in [0.05, 0.1) is 11.3 Å². The van der Waals surface area contributed by atoms with Crippen molar-refractivity contribution in [3.8, 4) is 11.3 Å². The summed E-state index contributed by atoms with van der Waals surface area (Å²) in [4.78, 5) is 19.6. The van der Waals surface area contributed by atoms with Crippen molar-refractivity contribution in [2.45, 2.75) is 25.6 Å². The highest BCUT2D eigenvalue weighted by Crippen LogP contribution is 2.35. The first kappa shape index (κ1) is 20.4. The maximum absolute atomic E-state index is 13.6. The van der Waals surface area contributed by atoms with Crippen LogP contribution < -0.4 is 10.6 Å². The second-order valence-electron chi connectivity index (χ2n) is 6.75. The number of nitrogens with one attached hydrogen (secondary N) is 2. The number of hydrogen-bond donors (Lipinski definition) is 3. The Balaban J connectivity index is 1.94. The summed E-state index contributed by atoms with van der Waals surface area (Å²) >= 11 is 0. The van der Waals surface area contributed by atoms with Crippen molar-refractivity contribution in [1.82, 2.24) is 24.9 Å². The van der Waals surface area contributed by atoms with Gasteiger partial charge < -0.3 is 15.7 Å². The number of aromatic nitrogens is 5. The van der Waals surface area contributed by atoms with E-state index in [1.54, 1.807) is 24.5 Å². The van der Waals surface area contributed by atoms with Gasteiger partial charge in [0.25, 0.3) is 0 Å². The van der Waals surface area contributed by atoms with Gasteiger partial charge in [-0.15, -0.1) is 0 Å². The lowest BCUT2D eigenvalue weighted by Crippen LogP contribution is -2.30. The predicted molar refractivity (Wildman–Crippen MR) is 100 cm³/mol. The van der Waals surface area contributed by atoms with Gasteiger partial charge >= 0.3 is 6.18 Å². The van der Waals surface area contributed by atoms with Crippen LogP contribution in [0.2, 0.25) is 0 Å². The van der Waals surface area contributed by atoms with E-state index in [1.807, 2.05) is 0 Å². The summed E-state index contributed by atoms with van der Waals surface area (Å²) < 4.78 is 40.8. The fourth-order valence-electron chi connectivity index (χ4n) is 2.30. The van der Waals surface area contributed by atoms with Crippen molar-refractivity contribution in [3.05, 3.63) is 48.7 Å². The third-order valence-electron chi connectivity index (χ3n) is 3.60. The summed E-state index contributed by atoms with van der Waals surface area (Å²) in [7, 11) is 0. The fraction of sp³-hybridized carbons (Fsp3) is 0.278. The molecule has 0 bridgehead atoms. The van der Waals surface area contributed by atoms with Crippen LogP contribution in [0.3, 0.4) is 0 Å². The molecular formula is C18H18F3N7O. The first-order valence-electron chi connectivity index (χ1n) is 8.53. The standard InChI is InChI=1S/C18H18F3N7O/c1-17(2,29)10-25-15-24-9-12(14(28-15)18(19,20)21)13-5-8-23-16(27-13)26-11-3-6-22-7-4-11/h3-9,29H,10H2,1-2H3,(H,24,25,28)(H,22,23,26,27). The van der Waals surface area contributed by atoms with Gasteiger partial charge in [0, 0.05) is 42.6 Å². The normalized spacial score (nSPS) is 11.9. The lowest BCUT2D eigenvalue weighted by molar-refractivity contribution is -0.140. The predicted octanol–water partition coefficient (Wildman–Crippen LogP) is 3.27. The molecule has 0 aliphatic heterocycles. The van der Waals surface area contributed by atoms with E-state index in [2.05, 4.69) is 35.6 Å². The highest BCUT2D eigenvalue weighted by Gasteiger charge is 2.37. The number of nitrogens with zero attached hydrogens (tertiary/aromatic N) is 5. The third kappa shape index (κ3) is 5.57. The molecule has 0 atom stereocenters. The van der Waals surface area contributed by atoms with Crippen LogP contribution in [0.25, 0.3) is 11.3 Å². The van der Waals surface area contributed by atoms with E-state index in [0.29, 0.717) is 5.69 Å². The zero-order valence-corrected chi connectivity index (χ0v) is 15.6. The molecule has 3 heterocycles. The number of halogens is 3. The van der Waals surface area contributed by atoms with E-state index in [4.69, 9.17) is 0 Å². The van der Waals surface area contributed by atoms with E-state index >= 15 is 0 Å². The van der Waals surface area contributed by atoms with Crippen molar-refractivity contribution in [3.63, 3.8) is 0 Å². The number of alkyl halides is 3. The molecule has 3 N–H and O–H groups in total. The molecule has 3 aromatic heterocycles. The number of rotatable bonds is 6. The molecular weight excluding hydrogens is 387 g/mol. The largest absolute Gasteiger partial charge is 0.434 e. The lowest BCUT2D eigenvalue weighted by atomic mass is 10.1. The van der Waals surface area contributed by atoms with Gasteiger partial charge in [0.2, 0.25) is 11.9 Å². The minimum atomic E-state index is -4.73. The summed E-state index contributed by atoms with van der Waals surface area (Å²) in [6, 6.07) is 4.68. The molecule has 8 nitrogen and oxygen atoms in total. The minimum absolute atomic E-state index is 0.0120. The quantitative estimate of drug-likeness (QED) is 0.573. The van der Waals surface area contributed by atoms with Crippen LogP contribution in [0.1, 0.15) is 19.5 Å². The number of aliphatic hydroxyl groups is 1.